The van der Waals surface area contributed by atoms with Gasteiger partial charge >= 0.3 is 0 Å². The van der Waals surface area contributed by atoms with Gasteiger partial charge in [0.2, 0.25) is 5.88 Å². The Hall–Kier alpha value is -3.76. The SMILES string of the molecule is COc1cc(C#N)ccc1OCC(=O)Nc1ccc(Oc2ccc(Cl)cc2)nc1. The number of anilines is 1. The van der Waals surface area contributed by atoms with E-state index in [1.807, 2.05) is 6.07 Å². The number of nitriles is 1. The van der Waals surface area contributed by atoms with E-state index in [0.29, 0.717) is 39.4 Å². The highest BCUT2D eigenvalue weighted by Crippen LogP contribution is 2.28. The van der Waals surface area contributed by atoms with Gasteiger partial charge in [0.25, 0.3) is 5.91 Å². The molecule has 29 heavy (non-hydrogen) atoms. The highest BCUT2D eigenvalue weighted by Gasteiger charge is 2.09. The van der Waals surface area contributed by atoms with Gasteiger partial charge in [-0.1, -0.05) is 11.6 Å². The Labute approximate surface area is 172 Å². The molecular weight excluding hydrogens is 394 g/mol. The number of carbonyl (C=O) groups is 1. The predicted octanol–water partition coefficient (Wildman–Crippen LogP) is 4.43. The molecule has 0 aliphatic carbocycles. The molecule has 0 bridgehead atoms. The molecule has 1 aromatic heterocycles. The van der Waals surface area contributed by atoms with Crippen LogP contribution in [0.3, 0.4) is 0 Å². The first kappa shape index (κ1) is 20.0. The Morgan fingerprint density at radius 1 is 1.14 bits per heavy atom. The second kappa shape index (κ2) is 9.44. The Balaban J connectivity index is 1.54. The molecule has 0 unspecified atom stereocenters. The number of ether oxygens (including phenoxy) is 3. The van der Waals surface area contributed by atoms with Crippen LogP contribution in [-0.4, -0.2) is 24.6 Å². The third-order valence-electron chi connectivity index (χ3n) is 3.71. The number of rotatable bonds is 7. The first-order valence-electron chi connectivity index (χ1n) is 8.47. The Morgan fingerprint density at radius 2 is 1.93 bits per heavy atom. The highest BCUT2D eigenvalue weighted by atomic mass is 35.5. The standard InChI is InChI=1S/C21H16ClN3O4/c1-27-19-10-14(11-23)2-8-18(19)28-13-20(26)25-16-5-9-21(24-12-16)29-17-6-3-15(22)4-7-17/h2-10,12H,13H2,1H3,(H,25,26). The van der Waals surface area contributed by atoms with Crippen molar-refractivity contribution in [3.05, 3.63) is 71.4 Å². The summed E-state index contributed by atoms with van der Waals surface area (Å²) in [6.07, 6.45) is 1.48. The fourth-order valence-corrected chi connectivity index (χ4v) is 2.46. The zero-order valence-corrected chi connectivity index (χ0v) is 16.1. The summed E-state index contributed by atoms with van der Waals surface area (Å²) < 4.78 is 16.2. The van der Waals surface area contributed by atoms with E-state index >= 15 is 0 Å². The molecule has 2 aromatic carbocycles. The first-order chi connectivity index (χ1) is 14.1. The van der Waals surface area contributed by atoms with Crippen molar-refractivity contribution in [1.82, 2.24) is 4.98 Å². The van der Waals surface area contributed by atoms with Crippen LogP contribution in [0.5, 0.6) is 23.1 Å². The summed E-state index contributed by atoms with van der Waals surface area (Å²) in [5, 5.41) is 12.2. The summed E-state index contributed by atoms with van der Waals surface area (Å²) in [4.78, 5) is 16.3. The maximum absolute atomic E-state index is 12.1. The van der Waals surface area contributed by atoms with Crippen LogP contribution in [0.4, 0.5) is 5.69 Å². The second-order valence-corrected chi connectivity index (χ2v) is 6.19. The van der Waals surface area contributed by atoms with Crippen molar-refractivity contribution in [3.8, 4) is 29.2 Å². The van der Waals surface area contributed by atoms with Gasteiger partial charge in [-0.15, -0.1) is 0 Å². The van der Waals surface area contributed by atoms with E-state index < -0.39 is 0 Å². The van der Waals surface area contributed by atoms with Gasteiger partial charge < -0.3 is 19.5 Å². The highest BCUT2D eigenvalue weighted by molar-refractivity contribution is 6.30. The zero-order chi connectivity index (χ0) is 20.6. The van der Waals surface area contributed by atoms with E-state index in [9.17, 15) is 4.79 Å². The van der Waals surface area contributed by atoms with Crippen molar-refractivity contribution < 1.29 is 19.0 Å². The monoisotopic (exact) mass is 409 g/mol. The molecule has 8 heteroatoms. The average Bonchev–Trinajstić information content (AvgIpc) is 2.75. The predicted molar refractivity (Wildman–Crippen MR) is 108 cm³/mol. The van der Waals surface area contributed by atoms with Crippen LogP contribution in [0.2, 0.25) is 5.02 Å². The van der Waals surface area contributed by atoms with Crippen LogP contribution in [0.15, 0.2) is 60.8 Å². The Morgan fingerprint density at radius 3 is 2.59 bits per heavy atom. The van der Waals surface area contributed by atoms with Crippen LogP contribution in [-0.2, 0) is 4.79 Å². The lowest BCUT2D eigenvalue weighted by molar-refractivity contribution is -0.118. The van der Waals surface area contributed by atoms with Crippen molar-refractivity contribution in [2.24, 2.45) is 0 Å². The molecule has 1 amide bonds. The van der Waals surface area contributed by atoms with Gasteiger partial charge in [0.05, 0.1) is 30.6 Å². The van der Waals surface area contributed by atoms with E-state index in [0.717, 1.165) is 0 Å². The zero-order valence-electron chi connectivity index (χ0n) is 15.4. The van der Waals surface area contributed by atoms with Crippen LogP contribution in [0.1, 0.15) is 5.56 Å². The minimum Gasteiger partial charge on any atom is -0.493 e. The number of hydrogen-bond acceptors (Lipinski definition) is 6. The van der Waals surface area contributed by atoms with E-state index in [4.69, 9.17) is 31.1 Å². The summed E-state index contributed by atoms with van der Waals surface area (Å²) in [7, 11) is 1.46. The lowest BCUT2D eigenvalue weighted by Gasteiger charge is -2.11. The molecule has 0 spiro atoms. The number of halogens is 1. The Bertz CT molecular complexity index is 1030. The lowest BCUT2D eigenvalue weighted by atomic mass is 10.2. The maximum Gasteiger partial charge on any atom is 0.262 e. The maximum atomic E-state index is 12.1. The molecule has 0 fully saturated rings. The molecule has 3 aromatic rings. The van der Waals surface area contributed by atoms with Gasteiger partial charge in [-0.2, -0.15) is 5.26 Å². The average molecular weight is 410 g/mol. The molecular formula is C21H16ClN3O4. The molecule has 0 atom stereocenters. The van der Waals surface area contributed by atoms with Crippen molar-refractivity contribution in [2.45, 2.75) is 0 Å². The number of aromatic nitrogens is 1. The summed E-state index contributed by atoms with van der Waals surface area (Å²) in [5.74, 6) is 1.35. The Kier molecular flexibility index (Phi) is 6.51. The molecule has 0 aliphatic heterocycles. The summed E-state index contributed by atoms with van der Waals surface area (Å²) in [5.41, 5.74) is 0.930. The van der Waals surface area contributed by atoms with E-state index in [1.165, 1.54) is 19.4 Å². The van der Waals surface area contributed by atoms with Crippen LogP contribution < -0.4 is 19.5 Å². The van der Waals surface area contributed by atoms with Crippen molar-refractivity contribution in [3.63, 3.8) is 0 Å². The minimum absolute atomic E-state index is 0.231. The molecule has 7 nitrogen and oxygen atoms in total. The van der Waals surface area contributed by atoms with Crippen molar-refractivity contribution >= 4 is 23.2 Å². The molecule has 1 N–H and O–H groups in total. The van der Waals surface area contributed by atoms with Gasteiger partial charge in [-0.05, 0) is 42.5 Å². The number of nitrogens with zero attached hydrogens (tertiary/aromatic N) is 2. The van der Waals surface area contributed by atoms with Gasteiger partial charge in [0.15, 0.2) is 18.1 Å². The summed E-state index contributed by atoms with van der Waals surface area (Å²) in [6.45, 7) is -0.231. The normalized spacial score (nSPS) is 9.97. The lowest BCUT2D eigenvalue weighted by Crippen LogP contribution is -2.20. The largest absolute Gasteiger partial charge is 0.493 e. The topological polar surface area (TPSA) is 93.5 Å². The fourth-order valence-electron chi connectivity index (χ4n) is 2.33. The molecule has 0 saturated heterocycles. The second-order valence-electron chi connectivity index (χ2n) is 5.76. The quantitative estimate of drug-likeness (QED) is 0.620. The van der Waals surface area contributed by atoms with Crippen LogP contribution >= 0.6 is 11.6 Å². The minimum atomic E-state index is -0.371. The van der Waals surface area contributed by atoms with Gasteiger partial charge in [0.1, 0.15) is 5.75 Å². The summed E-state index contributed by atoms with van der Waals surface area (Å²) in [6, 6.07) is 16.9. The number of carbonyl (C=O) groups excluding carboxylic acids is 1. The van der Waals surface area contributed by atoms with Crippen LogP contribution in [0, 0.1) is 11.3 Å². The van der Waals surface area contributed by atoms with E-state index in [2.05, 4.69) is 10.3 Å². The first-order valence-corrected chi connectivity index (χ1v) is 8.85. The van der Waals surface area contributed by atoms with E-state index in [-0.39, 0.29) is 12.5 Å². The van der Waals surface area contributed by atoms with Gasteiger partial charge in [0, 0.05) is 17.2 Å². The third-order valence-corrected chi connectivity index (χ3v) is 3.96. The molecule has 0 aliphatic rings. The molecule has 0 radical (unpaired) electrons. The van der Waals surface area contributed by atoms with E-state index in [1.54, 1.807) is 48.5 Å². The van der Waals surface area contributed by atoms with Gasteiger partial charge in [-0.25, -0.2) is 4.98 Å². The molecule has 0 saturated carbocycles. The van der Waals surface area contributed by atoms with Crippen LogP contribution in [0.25, 0.3) is 0 Å². The number of amides is 1. The van der Waals surface area contributed by atoms with Crippen molar-refractivity contribution in [1.29, 1.82) is 5.26 Å². The fraction of sp³-hybridized carbons (Fsp3) is 0.0952. The molecule has 3 rings (SSSR count). The van der Waals surface area contributed by atoms with Crippen molar-refractivity contribution in [2.75, 3.05) is 19.0 Å². The summed E-state index contributed by atoms with van der Waals surface area (Å²) >= 11 is 5.84. The molecule has 146 valence electrons. The van der Waals surface area contributed by atoms with Gasteiger partial charge in [-0.3, -0.25) is 4.79 Å². The number of hydrogen-bond donors (Lipinski definition) is 1. The number of methoxy groups -OCH3 is 1. The third kappa shape index (κ3) is 5.61. The number of nitrogens with one attached hydrogen (secondary N) is 1. The smallest absolute Gasteiger partial charge is 0.262 e. The molecule has 1 heterocycles. The number of pyridine rings is 1. The number of benzene rings is 2.